The normalized spacial score (nSPS) is 27.8. The second kappa shape index (κ2) is 2.24. The van der Waals surface area contributed by atoms with Crippen molar-refractivity contribution in [3.05, 3.63) is 11.8 Å². The molecule has 64 valence electrons. The lowest BCUT2D eigenvalue weighted by atomic mass is 9.93. The standard InChI is InChI=1S/C9H17NO/c1-8(2)5-7(10)6-9(3,4)11-8/h5H,6,10H2,1-4H3. The van der Waals surface area contributed by atoms with E-state index < -0.39 is 0 Å². The molecule has 0 bridgehead atoms. The first kappa shape index (κ1) is 8.60. The molecule has 0 atom stereocenters. The average Bonchev–Trinajstić information content (AvgIpc) is 1.49. The highest BCUT2D eigenvalue weighted by Gasteiger charge is 2.32. The van der Waals surface area contributed by atoms with Crippen molar-refractivity contribution >= 4 is 0 Å². The Kier molecular flexibility index (Phi) is 1.75. The molecule has 2 N–H and O–H groups in total. The number of ether oxygens (including phenoxy) is 1. The van der Waals surface area contributed by atoms with Crippen molar-refractivity contribution in [2.24, 2.45) is 5.73 Å². The zero-order chi connectivity index (χ0) is 8.70. The van der Waals surface area contributed by atoms with Crippen molar-refractivity contribution < 1.29 is 4.74 Å². The van der Waals surface area contributed by atoms with Gasteiger partial charge in [0, 0.05) is 12.1 Å². The Labute approximate surface area is 68.4 Å². The molecule has 1 rings (SSSR count). The van der Waals surface area contributed by atoms with Gasteiger partial charge in [-0.1, -0.05) is 0 Å². The Morgan fingerprint density at radius 2 is 1.91 bits per heavy atom. The number of rotatable bonds is 0. The summed E-state index contributed by atoms with van der Waals surface area (Å²) in [6.07, 6.45) is 2.81. The molecule has 0 aromatic rings. The lowest BCUT2D eigenvalue weighted by Gasteiger charge is -2.39. The molecule has 0 radical (unpaired) electrons. The monoisotopic (exact) mass is 155 g/mol. The zero-order valence-corrected chi connectivity index (χ0v) is 7.77. The molecule has 1 heterocycles. The Bertz CT molecular complexity index is 192. The van der Waals surface area contributed by atoms with E-state index in [0.717, 1.165) is 12.1 Å². The smallest absolute Gasteiger partial charge is 0.0833 e. The van der Waals surface area contributed by atoms with E-state index in [2.05, 4.69) is 13.8 Å². The van der Waals surface area contributed by atoms with Crippen LogP contribution in [0.25, 0.3) is 0 Å². The molecule has 1 aliphatic rings. The van der Waals surface area contributed by atoms with Gasteiger partial charge in [-0.3, -0.25) is 0 Å². The molecule has 0 unspecified atom stereocenters. The summed E-state index contributed by atoms with van der Waals surface area (Å²) in [5, 5.41) is 0. The molecule has 0 spiro atoms. The van der Waals surface area contributed by atoms with Gasteiger partial charge in [0.1, 0.15) is 0 Å². The zero-order valence-electron chi connectivity index (χ0n) is 7.77. The maximum Gasteiger partial charge on any atom is 0.0833 e. The van der Waals surface area contributed by atoms with E-state index in [1.165, 1.54) is 0 Å². The van der Waals surface area contributed by atoms with Crippen molar-refractivity contribution in [1.82, 2.24) is 0 Å². The van der Waals surface area contributed by atoms with Gasteiger partial charge in [-0.2, -0.15) is 0 Å². The van der Waals surface area contributed by atoms with Crippen LogP contribution in [-0.2, 0) is 4.74 Å². The molecule has 1 aliphatic heterocycles. The van der Waals surface area contributed by atoms with Crippen molar-refractivity contribution in [3.63, 3.8) is 0 Å². The number of hydrogen-bond acceptors (Lipinski definition) is 2. The molecule has 2 nitrogen and oxygen atoms in total. The SMILES string of the molecule is CC1(C)C=C(N)CC(C)(C)O1. The summed E-state index contributed by atoms with van der Waals surface area (Å²) in [7, 11) is 0. The highest BCUT2D eigenvalue weighted by molar-refractivity contribution is 5.12. The van der Waals surface area contributed by atoms with Crippen LogP contribution in [0.1, 0.15) is 34.1 Å². The Hall–Kier alpha value is -0.500. The highest BCUT2D eigenvalue weighted by atomic mass is 16.5. The molecule has 2 heteroatoms. The predicted octanol–water partition coefficient (Wildman–Crippen LogP) is 1.81. The number of hydrogen-bond donors (Lipinski definition) is 1. The summed E-state index contributed by atoms with van der Waals surface area (Å²) < 4.78 is 5.78. The van der Waals surface area contributed by atoms with Gasteiger partial charge in [-0.15, -0.1) is 0 Å². The van der Waals surface area contributed by atoms with Crippen molar-refractivity contribution in [2.45, 2.75) is 45.3 Å². The van der Waals surface area contributed by atoms with E-state index in [1.807, 2.05) is 19.9 Å². The fourth-order valence-corrected chi connectivity index (χ4v) is 1.77. The second-order valence-corrected chi connectivity index (χ2v) is 4.36. The van der Waals surface area contributed by atoms with Crippen LogP contribution in [-0.4, -0.2) is 11.2 Å². The Morgan fingerprint density at radius 1 is 1.36 bits per heavy atom. The maximum absolute atomic E-state index is 5.78. The first-order valence-corrected chi connectivity index (χ1v) is 3.98. The summed E-state index contributed by atoms with van der Waals surface area (Å²) >= 11 is 0. The number of nitrogens with two attached hydrogens (primary N) is 1. The van der Waals surface area contributed by atoms with Gasteiger partial charge < -0.3 is 10.5 Å². The minimum atomic E-state index is -0.203. The fraction of sp³-hybridized carbons (Fsp3) is 0.778. The predicted molar refractivity (Wildman–Crippen MR) is 46.1 cm³/mol. The highest BCUT2D eigenvalue weighted by Crippen LogP contribution is 2.31. The molecule has 0 aromatic heterocycles. The van der Waals surface area contributed by atoms with Crippen LogP contribution in [0.3, 0.4) is 0 Å². The maximum atomic E-state index is 5.78. The molecule has 0 aliphatic carbocycles. The summed E-state index contributed by atoms with van der Waals surface area (Å²) in [5.41, 5.74) is 6.39. The van der Waals surface area contributed by atoms with Gasteiger partial charge in [0.05, 0.1) is 11.2 Å². The minimum absolute atomic E-state index is 0.109. The second-order valence-electron chi connectivity index (χ2n) is 4.36. The summed E-state index contributed by atoms with van der Waals surface area (Å²) in [4.78, 5) is 0. The van der Waals surface area contributed by atoms with E-state index in [1.54, 1.807) is 0 Å². The Balaban J connectivity index is 2.86. The third kappa shape index (κ3) is 2.22. The lowest BCUT2D eigenvalue weighted by molar-refractivity contribution is -0.106. The van der Waals surface area contributed by atoms with Crippen molar-refractivity contribution in [1.29, 1.82) is 0 Å². The van der Waals surface area contributed by atoms with Gasteiger partial charge in [-0.25, -0.2) is 0 Å². The largest absolute Gasteiger partial charge is 0.402 e. The van der Waals surface area contributed by atoms with E-state index in [0.29, 0.717) is 0 Å². The quantitative estimate of drug-likeness (QED) is 0.579. The van der Waals surface area contributed by atoms with Crippen LogP contribution in [0, 0.1) is 0 Å². The van der Waals surface area contributed by atoms with Crippen LogP contribution in [0.5, 0.6) is 0 Å². The van der Waals surface area contributed by atoms with E-state index in [9.17, 15) is 0 Å². The molecule has 0 fully saturated rings. The summed E-state index contributed by atoms with van der Waals surface area (Å²) in [6.45, 7) is 8.19. The van der Waals surface area contributed by atoms with Crippen molar-refractivity contribution in [2.75, 3.05) is 0 Å². The molecular weight excluding hydrogens is 138 g/mol. The molecule has 0 aromatic carbocycles. The summed E-state index contributed by atoms with van der Waals surface area (Å²) in [6, 6.07) is 0. The van der Waals surface area contributed by atoms with Crippen molar-refractivity contribution in [3.8, 4) is 0 Å². The van der Waals surface area contributed by atoms with Gasteiger partial charge in [-0.05, 0) is 33.8 Å². The minimum Gasteiger partial charge on any atom is -0.402 e. The van der Waals surface area contributed by atoms with Gasteiger partial charge in [0.2, 0.25) is 0 Å². The summed E-state index contributed by atoms with van der Waals surface area (Å²) in [5.74, 6) is 0. The third-order valence-corrected chi connectivity index (χ3v) is 1.70. The van der Waals surface area contributed by atoms with Crippen LogP contribution in [0.4, 0.5) is 0 Å². The van der Waals surface area contributed by atoms with Crippen LogP contribution < -0.4 is 5.73 Å². The van der Waals surface area contributed by atoms with E-state index in [4.69, 9.17) is 10.5 Å². The molecule has 0 saturated heterocycles. The van der Waals surface area contributed by atoms with E-state index >= 15 is 0 Å². The third-order valence-electron chi connectivity index (χ3n) is 1.70. The fourth-order valence-electron chi connectivity index (χ4n) is 1.77. The lowest BCUT2D eigenvalue weighted by Crippen LogP contribution is -2.41. The molecule has 0 saturated carbocycles. The Morgan fingerprint density at radius 3 is 2.27 bits per heavy atom. The van der Waals surface area contributed by atoms with Crippen LogP contribution in [0.15, 0.2) is 11.8 Å². The molecule has 0 amide bonds. The van der Waals surface area contributed by atoms with E-state index in [-0.39, 0.29) is 11.2 Å². The van der Waals surface area contributed by atoms with Crippen LogP contribution >= 0.6 is 0 Å². The van der Waals surface area contributed by atoms with Gasteiger partial charge >= 0.3 is 0 Å². The first-order chi connectivity index (χ1) is 4.81. The van der Waals surface area contributed by atoms with Gasteiger partial charge in [0.25, 0.3) is 0 Å². The first-order valence-electron chi connectivity index (χ1n) is 3.98. The molecular formula is C9H17NO. The average molecular weight is 155 g/mol. The topological polar surface area (TPSA) is 35.2 Å². The van der Waals surface area contributed by atoms with Gasteiger partial charge in [0.15, 0.2) is 0 Å². The van der Waals surface area contributed by atoms with Crippen LogP contribution in [0.2, 0.25) is 0 Å². The molecule has 11 heavy (non-hydrogen) atoms.